The van der Waals surface area contributed by atoms with Gasteiger partial charge in [0.15, 0.2) is 11.3 Å². The number of carbonyl (C=O) groups is 1. The minimum atomic E-state index is -0.364. The van der Waals surface area contributed by atoms with E-state index in [2.05, 4.69) is 27.5 Å². The fraction of sp³-hybridized carbons (Fsp3) is 0.722. The lowest BCUT2D eigenvalue weighted by atomic mass is 9.63. The van der Waals surface area contributed by atoms with E-state index in [4.69, 9.17) is 0 Å². The zero-order valence-electron chi connectivity index (χ0n) is 15.4. The van der Waals surface area contributed by atoms with Crippen LogP contribution in [0.15, 0.2) is 11.1 Å². The molecule has 2 bridgehead atoms. The summed E-state index contributed by atoms with van der Waals surface area (Å²) >= 11 is 0. The SMILES string of the molecule is CCCC1(NC(=O)c2ncn3c(=O)n(C)nnc23)CC2CCC[C@@H](C2)C1. The Labute approximate surface area is 152 Å². The molecule has 0 aliphatic heterocycles. The summed E-state index contributed by atoms with van der Waals surface area (Å²) in [6, 6.07) is 0. The Morgan fingerprint density at radius 1 is 1.35 bits per heavy atom. The van der Waals surface area contributed by atoms with Crippen LogP contribution in [0.4, 0.5) is 0 Å². The van der Waals surface area contributed by atoms with Gasteiger partial charge in [-0.05, 0) is 37.5 Å². The summed E-state index contributed by atoms with van der Waals surface area (Å²) in [6.45, 7) is 2.17. The van der Waals surface area contributed by atoms with E-state index in [1.165, 1.54) is 43.5 Å². The Bertz CT molecular complexity index is 873. The van der Waals surface area contributed by atoms with E-state index in [9.17, 15) is 9.59 Å². The van der Waals surface area contributed by atoms with E-state index >= 15 is 0 Å². The van der Waals surface area contributed by atoms with Crippen LogP contribution in [-0.2, 0) is 7.05 Å². The second kappa shape index (κ2) is 6.48. The Morgan fingerprint density at radius 2 is 2.08 bits per heavy atom. The highest BCUT2D eigenvalue weighted by atomic mass is 16.2. The molecule has 8 heteroatoms. The molecule has 3 atom stereocenters. The quantitative estimate of drug-likeness (QED) is 0.897. The third-order valence-electron chi connectivity index (χ3n) is 6.07. The summed E-state index contributed by atoms with van der Waals surface area (Å²) < 4.78 is 2.39. The monoisotopic (exact) mass is 358 g/mol. The Kier molecular flexibility index (Phi) is 4.28. The van der Waals surface area contributed by atoms with Gasteiger partial charge in [0.25, 0.3) is 5.91 Å². The zero-order chi connectivity index (χ0) is 18.3. The number of amides is 1. The first-order chi connectivity index (χ1) is 12.5. The van der Waals surface area contributed by atoms with Crippen LogP contribution in [0.3, 0.4) is 0 Å². The summed E-state index contributed by atoms with van der Waals surface area (Å²) in [5.74, 6) is 1.17. The van der Waals surface area contributed by atoms with Gasteiger partial charge in [0, 0.05) is 12.6 Å². The van der Waals surface area contributed by atoms with Gasteiger partial charge in [-0.1, -0.05) is 37.8 Å². The summed E-state index contributed by atoms with van der Waals surface area (Å²) in [7, 11) is 1.52. The van der Waals surface area contributed by atoms with Crippen molar-refractivity contribution in [2.24, 2.45) is 18.9 Å². The average Bonchev–Trinajstić information content (AvgIpc) is 3.03. The van der Waals surface area contributed by atoms with Gasteiger partial charge >= 0.3 is 5.69 Å². The van der Waals surface area contributed by atoms with Gasteiger partial charge in [0.05, 0.1) is 0 Å². The molecule has 2 heterocycles. The standard InChI is InChI=1S/C18H26N6O2/c1-3-7-18(9-12-5-4-6-13(8-12)10-18)20-16(25)14-15-21-22-23(2)17(26)24(15)11-19-14/h11-13H,3-10H2,1-2H3,(H,20,25)/t12-,13?,18?/m0/s1. The average molecular weight is 358 g/mol. The topological polar surface area (TPSA) is 94.2 Å². The first-order valence-corrected chi connectivity index (χ1v) is 9.61. The first kappa shape index (κ1) is 17.2. The fourth-order valence-electron chi connectivity index (χ4n) is 5.15. The van der Waals surface area contributed by atoms with Gasteiger partial charge in [0.1, 0.15) is 6.33 Å². The van der Waals surface area contributed by atoms with Gasteiger partial charge in [-0.3, -0.25) is 4.79 Å². The van der Waals surface area contributed by atoms with Crippen LogP contribution in [0.5, 0.6) is 0 Å². The van der Waals surface area contributed by atoms with Gasteiger partial charge < -0.3 is 5.32 Å². The molecule has 0 spiro atoms. The molecule has 4 rings (SSSR count). The highest BCUT2D eigenvalue weighted by Gasteiger charge is 2.43. The second-order valence-electron chi connectivity index (χ2n) is 8.07. The summed E-state index contributed by atoms with van der Waals surface area (Å²) in [5.41, 5.74) is -0.130. The smallest absolute Gasteiger partial charge is 0.345 e. The number of carbonyl (C=O) groups excluding carboxylic acids is 1. The van der Waals surface area contributed by atoms with E-state index in [0.29, 0.717) is 11.8 Å². The van der Waals surface area contributed by atoms with Crippen molar-refractivity contribution < 1.29 is 4.79 Å². The summed E-state index contributed by atoms with van der Waals surface area (Å²) in [6.07, 6.45) is 10.6. The van der Waals surface area contributed by atoms with Crippen LogP contribution in [0.25, 0.3) is 5.65 Å². The van der Waals surface area contributed by atoms with Crippen molar-refractivity contribution in [2.75, 3.05) is 0 Å². The molecule has 2 aromatic rings. The van der Waals surface area contributed by atoms with Crippen LogP contribution < -0.4 is 11.0 Å². The maximum atomic E-state index is 13.0. The minimum absolute atomic E-state index is 0.164. The van der Waals surface area contributed by atoms with Gasteiger partial charge in [-0.25, -0.2) is 14.2 Å². The van der Waals surface area contributed by atoms with Crippen molar-refractivity contribution in [1.29, 1.82) is 0 Å². The van der Waals surface area contributed by atoms with Crippen molar-refractivity contribution in [2.45, 2.75) is 63.8 Å². The number of fused-ring (bicyclic) bond motifs is 3. The first-order valence-electron chi connectivity index (χ1n) is 9.61. The third-order valence-corrected chi connectivity index (χ3v) is 6.07. The Balaban J connectivity index is 1.63. The Morgan fingerprint density at radius 3 is 2.77 bits per heavy atom. The number of hydrogen-bond acceptors (Lipinski definition) is 5. The molecule has 2 unspecified atom stereocenters. The van der Waals surface area contributed by atoms with Crippen LogP contribution in [0.2, 0.25) is 0 Å². The third kappa shape index (κ3) is 2.91. The lowest BCUT2D eigenvalue weighted by Crippen LogP contribution is -2.54. The molecule has 140 valence electrons. The van der Waals surface area contributed by atoms with E-state index in [0.717, 1.165) is 30.4 Å². The summed E-state index contributed by atoms with van der Waals surface area (Å²) in [4.78, 5) is 29.3. The van der Waals surface area contributed by atoms with Crippen LogP contribution in [-0.4, -0.2) is 35.8 Å². The number of aromatic nitrogens is 5. The number of nitrogens with one attached hydrogen (secondary N) is 1. The van der Waals surface area contributed by atoms with Gasteiger partial charge in [-0.2, -0.15) is 4.68 Å². The number of rotatable bonds is 4. The van der Waals surface area contributed by atoms with Crippen molar-refractivity contribution in [3.63, 3.8) is 0 Å². The molecule has 1 amide bonds. The van der Waals surface area contributed by atoms with E-state index in [1.807, 2.05) is 0 Å². The molecule has 0 saturated heterocycles. The molecule has 2 fully saturated rings. The number of imidazole rings is 1. The molecule has 2 aliphatic carbocycles. The van der Waals surface area contributed by atoms with E-state index < -0.39 is 0 Å². The molecule has 2 aliphatic rings. The molecular weight excluding hydrogens is 332 g/mol. The van der Waals surface area contributed by atoms with Gasteiger partial charge in [0.2, 0.25) is 0 Å². The van der Waals surface area contributed by atoms with E-state index in [1.54, 1.807) is 0 Å². The molecule has 26 heavy (non-hydrogen) atoms. The highest BCUT2D eigenvalue weighted by molar-refractivity contribution is 5.98. The lowest BCUT2D eigenvalue weighted by Gasteiger charge is -2.47. The van der Waals surface area contributed by atoms with Crippen molar-refractivity contribution in [1.82, 2.24) is 29.7 Å². The fourth-order valence-corrected chi connectivity index (χ4v) is 5.15. The largest absolute Gasteiger partial charge is 0.352 e. The number of hydrogen-bond donors (Lipinski definition) is 1. The predicted octanol–water partition coefficient (Wildman–Crippen LogP) is 1.69. The van der Waals surface area contributed by atoms with Gasteiger partial charge in [-0.15, -0.1) is 5.10 Å². The predicted molar refractivity (Wildman–Crippen MR) is 95.8 cm³/mol. The molecule has 0 aromatic carbocycles. The molecule has 0 radical (unpaired) electrons. The minimum Gasteiger partial charge on any atom is -0.345 e. The maximum Gasteiger partial charge on any atom is 0.352 e. The van der Waals surface area contributed by atoms with Crippen LogP contribution >= 0.6 is 0 Å². The molecule has 8 nitrogen and oxygen atoms in total. The number of aryl methyl sites for hydroxylation is 1. The molecule has 2 saturated carbocycles. The molecule has 2 aromatic heterocycles. The lowest BCUT2D eigenvalue weighted by molar-refractivity contribution is 0.0632. The van der Waals surface area contributed by atoms with Crippen molar-refractivity contribution in [3.8, 4) is 0 Å². The maximum absolute atomic E-state index is 13.0. The normalized spacial score (nSPS) is 28.2. The zero-order valence-corrected chi connectivity index (χ0v) is 15.4. The van der Waals surface area contributed by atoms with Crippen LogP contribution in [0.1, 0.15) is 68.8 Å². The van der Waals surface area contributed by atoms with Crippen LogP contribution in [0, 0.1) is 11.8 Å². The van der Waals surface area contributed by atoms with E-state index in [-0.39, 0.29) is 28.5 Å². The second-order valence-corrected chi connectivity index (χ2v) is 8.07. The van der Waals surface area contributed by atoms with Crippen molar-refractivity contribution >= 4 is 11.6 Å². The Hall–Kier alpha value is -2.25. The number of nitrogens with zero attached hydrogens (tertiary/aromatic N) is 5. The molecule has 1 N–H and O–H groups in total. The van der Waals surface area contributed by atoms with Crippen molar-refractivity contribution in [3.05, 3.63) is 22.5 Å². The molecular formula is C18H26N6O2. The summed E-state index contributed by atoms with van der Waals surface area (Å²) in [5, 5.41) is 11.1. The highest BCUT2D eigenvalue weighted by Crippen LogP contribution is 2.46.